The van der Waals surface area contributed by atoms with Crippen LogP contribution in [0.5, 0.6) is 0 Å². The van der Waals surface area contributed by atoms with Crippen LogP contribution in [0.4, 0.5) is 13.2 Å². The molecule has 0 amide bonds. The first kappa shape index (κ1) is 15.9. The van der Waals surface area contributed by atoms with Crippen molar-refractivity contribution in [3.8, 4) is 5.69 Å². The maximum atomic E-state index is 13.0. The standard InChI is InChI=1S/C17H13F3N4/c18-17(19,20)15-11-14(10-12-6-4-5-9-16(21)22-12)24(23-15)13-7-2-1-3-8-13/h1-9,11,21H,10H2. The zero-order chi connectivity index (χ0) is 17.2. The van der Waals surface area contributed by atoms with E-state index in [1.807, 2.05) is 0 Å². The molecule has 0 spiro atoms. The summed E-state index contributed by atoms with van der Waals surface area (Å²) >= 11 is 0. The largest absolute Gasteiger partial charge is 0.435 e. The predicted molar refractivity (Wildman–Crippen MR) is 81.5 cm³/mol. The molecule has 4 nitrogen and oxygen atoms in total. The lowest BCUT2D eigenvalue weighted by molar-refractivity contribution is -0.141. The smallest absolute Gasteiger partial charge is 0.283 e. The number of nitrogens with zero attached hydrogens (tertiary/aromatic N) is 3. The van der Waals surface area contributed by atoms with Gasteiger partial charge in [0.2, 0.25) is 0 Å². The third-order valence-corrected chi connectivity index (χ3v) is 3.35. The molecule has 1 aromatic carbocycles. The Bertz CT molecular complexity index is 901. The molecule has 3 rings (SSSR count). The fourth-order valence-corrected chi connectivity index (χ4v) is 2.30. The van der Waals surface area contributed by atoms with Gasteiger partial charge in [0, 0.05) is 12.1 Å². The summed E-state index contributed by atoms with van der Waals surface area (Å²) in [5, 5.41) is 11.3. The first-order valence-electron chi connectivity index (χ1n) is 7.16. The summed E-state index contributed by atoms with van der Waals surface area (Å²) in [5.41, 5.74) is 0.487. The van der Waals surface area contributed by atoms with Crippen LogP contribution in [0.15, 0.2) is 60.7 Å². The SMILES string of the molecule is N=c1ccccc(Cc2cc(C(F)(F)F)nn2-c2ccccc2)n1. The number of hydrogen-bond donors (Lipinski definition) is 1. The summed E-state index contributed by atoms with van der Waals surface area (Å²) in [7, 11) is 0. The van der Waals surface area contributed by atoms with Crippen molar-refractivity contribution < 1.29 is 13.2 Å². The minimum Gasteiger partial charge on any atom is -0.283 e. The highest BCUT2D eigenvalue weighted by molar-refractivity contribution is 5.35. The van der Waals surface area contributed by atoms with Gasteiger partial charge in [-0.15, -0.1) is 0 Å². The second-order valence-electron chi connectivity index (χ2n) is 5.15. The van der Waals surface area contributed by atoms with Gasteiger partial charge in [-0.25, -0.2) is 9.67 Å². The Morgan fingerprint density at radius 1 is 0.958 bits per heavy atom. The van der Waals surface area contributed by atoms with Crippen LogP contribution in [0, 0.1) is 5.41 Å². The first-order valence-corrected chi connectivity index (χ1v) is 7.16. The van der Waals surface area contributed by atoms with E-state index in [1.165, 1.54) is 10.7 Å². The highest BCUT2D eigenvalue weighted by atomic mass is 19.4. The number of alkyl halides is 3. The number of benzene rings is 1. The molecule has 0 bridgehead atoms. The third-order valence-electron chi connectivity index (χ3n) is 3.35. The van der Waals surface area contributed by atoms with E-state index in [0.717, 1.165) is 6.07 Å². The van der Waals surface area contributed by atoms with Crippen molar-refractivity contribution >= 4 is 0 Å². The van der Waals surface area contributed by atoms with E-state index in [4.69, 9.17) is 5.41 Å². The van der Waals surface area contributed by atoms with Crippen molar-refractivity contribution in [2.75, 3.05) is 0 Å². The maximum absolute atomic E-state index is 13.0. The molecule has 122 valence electrons. The van der Waals surface area contributed by atoms with Crippen molar-refractivity contribution in [2.24, 2.45) is 0 Å². The van der Waals surface area contributed by atoms with E-state index in [-0.39, 0.29) is 11.9 Å². The molecule has 0 atom stereocenters. The quantitative estimate of drug-likeness (QED) is 0.801. The molecule has 0 aliphatic rings. The van der Waals surface area contributed by atoms with Gasteiger partial charge in [-0.2, -0.15) is 18.3 Å². The second kappa shape index (κ2) is 6.27. The molecule has 2 aromatic heterocycles. The molecule has 24 heavy (non-hydrogen) atoms. The van der Waals surface area contributed by atoms with E-state index in [9.17, 15) is 13.2 Å². The van der Waals surface area contributed by atoms with Gasteiger partial charge < -0.3 is 0 Å². The summed E-state index contributed by atoms with van der Waals surface area (Å²) in [6.07, 6.45) is -4.39. The molecule has 0 aliphatic heterocycles. The Balaban J connectivity index is 2.09. The number of halogens is 3. The van der Waals surface area contributed by atoms with Gasteiger partial charge >= 0.3 is 6.18 Å². The molecule has 7 heteroatoms. The number of rotatable bonds is 3. The first-order chi connectivity index (χ1) is 11.4. The van der Waals surface area contributed by atoms with Crippen molar-refractivity contribution in [1.29, 1.82) is 5.41 Å². The molecule has 3 aromatic rings. The van der Waals surface area contributed by atoms with E-state index in [0.29, 0.717) is 17.1 Å². The van der Waals surface area contributed by atoms with E-state index >= 15 is 0 Å². The predicted octanol–water partition coefficient (Wildman–Crippen LogP) is 3.36. The Morgan fingerprint density at radius 2 is 1.62 bits per heavy atom. The Kier molecular flexibility index (Phi) is 4.16. The highest BCUT2D eigenvalue weighted by Crippen LogP contribution is 2.30. The van der Waals surface area contributed by atoms with Crippen LogP contribution in [-0.4, -0.2) is 14.8 Å². The van der Waals surface area contributed by atoms with Gasteiger partial charge in [-0.3, -0.25) is 5.41 Å². The molecule has 0 radical (unpaired) electrons. The van der Waals surface area contributed by atoms with Crippen molar-refractivity contribution in [2.45, 2.75) is 12.6 Å². The maximum Gasteiger partial charge on any atom is 0.435 e. The van der Waals surface area contributed by atoms with Crippen LogP contribution in [-0.2, 0) is 12.6 Å². The van der Waals surface area contributed by atoms with Gasteiger partial charge in [0.1, 0.15) is 5.49 Å². The molecule has 1 N–H and O–H groups in total. The van der Waals surface area contributed by atoms with Crippen LogP contribution >= 0.6 is 0 Å². The molecule has 0 fully saturated rings. The number of hydrogen-bond acceptors (Lipinski definition) is 3. The molecular formula is C17H13F3N4. The van der Waals surface area contributed by atoms with Crippen molar-refractivity contribution in [3.63, 3.8) is 0 Å². The summed E-state index contributed by atoms with van der Waals surface area (Å²) in [5.74, 6) is 0. The van der Waals surface area contributed by atoms with Crippen molar-refractivity contribution in [3.05, 3.63) is 83.2 Å². The van der Waals surface area contributed by atoms with Crippen LogP contribution in [0.3, 0.4) is 0 Å². The molecule has 0 saturated heterocycles. The van der Waals surface area contributed by atoms with Gasteiger partial charge in [0.25, 0.3) is 0 Å². The monoisotopic (exact) mass is 330 g/mol. The minimum absolute atomic E-state index is 0.0526. The Hall–Kier alpha value is -2.96. The van der Waals surface area contributed by atoms with Crippen molar-refractivity contribution in [1.82, 2.24) is 14.8 Å². The lowest BCUT2D eigenvalue weighted by Gasteiger charge is -2.06. The second-order valence-corrected chi connectivity index (χ2v) is 5.15. The van der Waals surface area contributed by atoms with Gasteiger partial charge in [0.05, 0.1) is 11.4 Å². The van der Waals surface area contributed by atoms with Gasteiger partial charge in [-0.1, -0.05) is 30.3 Å². The molecule has 0 unspecified atom stereocenters. The normalized spacial score (nSPS) is 11.5. The number of para-hydroxylation sites is 1. The molecule has 0 aliphatic carbocycles. The van der Waals surface area contributed by atoms with Crippen LogP contribution in [0.1, 0.15) is 17.1 Å². The van der Waals surface area contributed by atoms with E-state index in [1.54, 1.807) is 48.5 Å². The Morgan fingerprint density at radius 3 is 2.33 bits per heavy atom. The molecular weight excluding hydrogens is 317 g/mol. The summed E-state index contributed by atoms with van der Waals surface area (Å²) < 4.78 is 40.4. The average Bonchev–Trinajstić information content (AvgIpc) is 2.85. The number of aromatic nitrogens is 3. The molecule has 0 saturated carbocycles. The fraction of sp³-hybridized carbons (Fsp3) is 0.118. The number of nitrogens with one attached hydrogen (secondary N) is 1. The minimum atomic E-state index is -4.52. The van der Waals surface area contributed by atoms with E-state index in [2.05, 4.69) is 10.1 Å². The summed E-state index contributed by atoms with van der Waals surface area (Å²) in [6.45, 7) is 0. The van der Waals surface area contributed by atoms with Crippen LogP contribution in [0.2, 0.25) is 0 Å². The third kappa shape index (κ3) is 3.51. The summed E-state index contributed by atoms with van der Waals surface area (Å²) in [4.78, 5) is 4.08. The average molecular weight is 330 g/mol. The lowest BCUT2D eigenvalue weighted by Crippen LogP contribution is -2.08. The van der Waals surface area contributed by atoms with Crippen LogP contribution in [0.25, 0.3) is 5.69 Å². The fourth-order valence-electron chi connectivity index (χ4n) is 2.30. The van der Waals surface area contributed by atoms with Crippen LogP contribution < -0.4 is 5.49 Å². The molecule has 2 heterocycles. The lowest BCUT2D eigenvalue weighted by atomic mass is 10.2. The Labute approximate surface area is 135 Å². The van der Waals surface area contributed by atoms with E-state index < -0.39 is 11.9 Å². The zero-order valence-corrected chi connectivity index (χ0v) is 12.5. The topological polar surface area (TPSA) is 54.6 Å². The highest BCUT2D eigenvalue weighted by Gasteiger charge is 2.35. The summed E-state index contributed by atoms with van der Waals surface area (Å²) in [6, 6.07) is 16.2. The van der Waals surface area contributed by atoms with Gasteiger partial charge in [-0.05, 0) is 30.3 Å². The zero-order valence-electron chi connectivity index (χ0n) is 12.5. The van der Waals surface area contributed by atoms with Gasteiger partial charge in [0.15, 0.2) is 5.69 Å².